The highest BCUT2D eigenvalue weighted by Gasteiger charge is 2.17. The molecule has 0 radical (unpaired) electrons. The zero-order valence-corrected chi connectivity index (χ0v) is 23.7. The molecule has 39 heavy (non-hydrogen) atoms. The molecule has 5 aromatic rings. The maximum absolute atomic E-state index is 11.0. The molecule has 0 saturated carbocycles. The average molecular weight is 515 g/mol. The number of hydrogen-bond acceptors (Lipinski definition) is 5. The summed E-state index contributed by atoms with van der Waals surface area (Å²) >= 11 is 0. The number of nitrogens with zero attached hydrogens (tertiary/aromatic N) is 4. The number of hydrogen-bond donors (Lipinski definition) is 1. The lowest BCUT2D eigenvalue weighted by Crippen LogP contribution is -2.12. The quantitative estimate of drug-likeness (QED) is 0.256. The van der Waals surface area contributed by atoms with Gasteiger partial charge in [0.15, 0.2) is 0 Å². The maximum atomic E-state index is 11.0. The van der Waals surface area contributed by atoms with E-state index >= 15 is 0 Å². The summed E-state index contributed by atoms with van der Waals surface area (Å²) in [7, 11) is 2.03. The third-order valence-corrected chi connectivity index (χ3v) is 6.97. The van der Waals surface area contributed by atoms with E-state index in [1.54, 1.807) is 6.20 Å². The maximum Gasteiger partial charge on any atom is 0.134 e. The molecule has 5 heteroatoms. The number of aromatic nitrogens is 3. The molecule has 0 bridgehead atoms. The molecule has 0 aliphatic carbocycles. The van der Waals surface area contributed by atoms with Crippen LogP contribution >= 0.6 is 0 Å². The Hall–Kier alpha value is -4.51. The minimum atomic E-state index is 0.259. The van der Waals surface area contributed by atoms with Gasteiger partial charge in [-0.25, -0.2) is 4.98 Å². The first-order valence-corrected chi connectivity index (χ1v) is 13.1. The molecular weight excluding hydrogens is 480 g/mol. The molecule has 0 amide bonds. The van der Waals surface area contributed by atoms with Crippen molar-refractivity contribution in [1.82, 2.24) is 15.2 Å². The van der Waals surface area contributed by atoms with Crippen molar-refractivity contribution >= 4 is 11.5 Å². The van der Waals surface area contributed by atoms with Gasteiger partial charge in [-0.05, 0) is 117 Å². The minimum absolute atomic E-state index is 0.259. The number of benzene rings is 3. The van der Waals surface area contributed by atoms with Crippen molar-refractivity contribution in [3.05, 3.63) is 106 Å². The number of rotatable bonds is 5. The van der Waals surface area contributed by atoms with Crippen LogP contribution in [0.2, 0.25) is 0 Å². The first-order chi connectivity index (χ1) is 18.6. The second kappa shape index (κ2) is 10.3. The van der Waals surface area contributed by atoms with E-state index in [1.165, 1.54) is 11.1 Å². The van der Waals surface area contributed by atoms with Gasteiger partial charge in [0.1, 0.15) is 11.6 Å². The van der Waals surface area contributed by atoms with Gasteiger partial charge in [0.2, 0.25) is 0 Å². The van der Waals surface area contributed by atoms with Crippen LogP contribution in [0.25, 0.3) is 33.6 Å². The Balaban J connectivity index is 1.69. The molecular formula is C34H34N4O. The number of aryl methyl sites for hydroxylation is 6. The lowest BCUT2D eigenvalue weighted by molar-refractivity contribution is 0.473. The van der Waals surface area contributed by atoms with Crippen molar-refractivity contribution in [2.75, 3.05) is 11.9 Å². The standard InChI is InChI=1S/C34H34N4O/c1-20-8-21(2)11-26(10-20)27-17-32(30-14-22(3)9-25(6)34(30)39)36-33(18-27)38(7)29-13-23(4)12-28(16-29)31-15-24(5)19-35-37-31/h8-19,39H,1-7H3. The first-order valence-electron chi connectivity index (χ1n) is 13.1. The van der Waals surface area contributed by atoms with Crippen LogP contribution in [-0.4, -0.2) is 27.3 Å². The lowest BCUT2D eigenvalue weighted by Gasteiger charge is -2.22. The van der Waals surface area contributed by atoms with Gasteiger partial charge in [-0.1, -0.05) is 35.4 Å². The van der Waals surface area contributed by atoms with Crippen LogP contribution in [0, 0.1) is 41.5 Å². The summed E-state index contributed by atoms with van der Waals surface area (Å²) in [5.74, 6) is 1.04. The van der Waals surface area contributed by atoms with Gasteiger partial charge < -0.3 is 10.0 Å². The van der Waals surface area contributed by atoms with E-state index in [2.05, 4.69) is 84.4 Å². The van der Waals surface area contributed by atoms with Crippen molar-refractivity contribution in [2.45, 2.75) is 41.5 Å². The Morgan fingerprint density at radius 3 is 1.95 bits per heavy atom. The zero-order chi connectivity index (χ0) is 27.8. The van der Waals surface area contributed by atoms with Crippen molar-refractivity contribution in [3.63, 3.8) is 0 Å². The fourth-order valence-corrected chi connectivity index (χ4v) is 5.13. The van der Waals surface area contributed by atoms with Gasteiger partial charge in [0.05, 0.1) is 17.6 Å². The molecule has 3 aromatic carbocycles. The van der Waals surface area contributed by atoms with Crippen molar-refractivity contribution in [1.29, 1.82) is 0 Å². The van der Waals surface area contributed by atoms with Crippen LogP contribution in [0.1, 0.15) is 33.4 Å². The molecule has 0 aliphatic rings. The number of phenols is 1. The Labute approximate surface area is 230 Å². The van der Waals surface area contributed by atoms with Crippen molar-refractivity contribution < 1.29 is 5.11 Å². The second-order valence-electron chi connectivity index (χ2n) is 10.7. The Kier molecular flexibility index (Phi) is 6.92. The highest BCUT2D eigenvalue weighted by Crippen LogP contribution is 2.38. The van der Waals surface area contributed by atoms with E-state index in [0.29, 0.717) is 0 Å². The summed E-state index contributed by atoms with van der Waals surface area (Å²) in [4.78, 5) is 7.17. The van der Waals surface area contributed by atoms with Crippen LogP contribution in [0.3, 0.4) is 0 Å². The van der Waals surface area contributed by atoms with E-state index in [-0.39, 0.29) is 5.75 Å². The Bertz CT molecular complexity index is 1690. The summed E-state index contributed by atoms with van der Waals surface area (Å²) < 4.78 is 0. The highest BCUT2D eigenvalue weighted by molar-refractivity contribution is 5.80. The molecule has 5 nitrogen and oxygen atoms in total. The number of aromatic hydroxyl groups is 1. The van der Waals surface area contributed by atoms with Gasteiger partial charge >= 0.3 is 0 Å². The largest absolute Gasteiger partial charge is 0.507 e. The third kappa shape index (κ3) is 5.53. The summed E-state index contributed by atoms with van der Waals surface area (Å²) in [5.41, 5.74) is 13.0. The lowest BCUT2D eigenvalue weighted by atomic mass is 9.97. The number of anilines is 2. The smallest absolute Gasteiger partial charge is 0.134 e. The predicted molar refractivity (Wildman–Crippen MR) is 161 cm³/mol. The van der Waals surface area contributed by atoms with E-state index in [9.17, 15) is 5.11 Å². The molecule has 0 spiro atoms. The van der Waals surface area contributed by atoms with Crippen LogP contribution < -0.4 is 4.90 Å². The third-order valence-electron chi connectivity index (χ3n) is 6.97. The monoisotopic (exact) mass is 514 g/mol. The summed E-state index contributed by atoms with van der Waals surface area (Å²) in [5, 5.41) is 19.5. The molecule has 0 fully saturated rings. The predicted octanol–water partition coefficient (Wildman–Crippen LogP) is 8.20. The second-order valence-corrected chi connectivity index (χ2v) is 10.7. The van der Waals surface area contributed by atoms with E-state index in [0.717, 1.165) is 67.4 Å². The molecule has 1 N–H and O–H groups in total. The molecule has 0 atom stereocenters. The van der Waals surface area contributed by atoms with Crippen LogP contribution in [0.15, 0.2) is 72.9 Å². The van der Waals surface area contributed by atoms with Gasteiger partial charge in [0.25, 0.3) is 0 Å². The van der Waals surface area contributed by atoms with Gasteiger partial charge in [-0.3, -0.25) is 0 Å². The Morgan fingerprint density at radius 2 is 1.23 bits per heavy atom. The van der Waals surface area contributed by atoms with E-state index < -0.39 is 0 Å². The molecule has 196 valence electrons. The van der Waals surface area contributed by atoms with Gasteiger partial charge in [-0.15, -0.1) is 0 Å². The van der Waals surface area contributed by atoms with Crippen molar-refractivity contribution in [2.24, 2.45) is 0 Å². The molecule has 0 unspecified atom stereocenters. The van der Waals surface area contributed by atoms with Crippen LogP contribution in [-0.2, 0) is 0 Å². The average Bonchev–Trinajstić information content (AvgIpc) is 2.89. The van der Waals surface area contributed by atoms with E-state index in [1.807, 2.05) is 46.0 Å². The van der Waals surface area contributed by atoms with E-state index in [4.69, 9.17) is 4.98 Å². The van der Waals surface area contributed by atoms with Gasteiger partial charge in [0, 0.05) is 23.9 Å². The minimum Gasteiger partial charge on any atom is -0.507 e. The highest BCUT2D eigenvalue weighted by atomic mass is 16.3. The molecule has 2 aromatic heterocycles. The summed E-state index contributed by atoms with van der Waals surface area (Å²) in [6.45, 7) is 12.3. The topological polar surface area (TPSA) is 62.1 Å². The van der Waals surface area contributed by atoms with Crippen LogP contribution in [0.5, 0.6) is 5.75 Å². The summed E-state index contributed by atoms with van der Waals surface area (Å²) in [6, 6.07) is 23.2. The Morgan fingerprint density at radius 1 is 0.590 bits per heavy atom. The number of phenolic OH excluding ortho intramolecular Hbond substituents is 1. The van der Waals surface area contributed by atoms with Gasteiger partial charge in [-0.2, -0.15) is 10.2 Å². The SMILES string of the molecule is Cc1cc(C)cc(-c2cc(-c3cc(C)cc(C)c3O)nc(N(C)c3cc(C)cc(-c4cc(C)cnn4)c3)c2)c1. The normalized spacial score (nSPS) is 11.1. The fraction of sp³-hybridized carbons (Fsp3) is 0.206. The van der Waals surface area contributed by atoms with Crippen molar-refractivity contribution in [3.8, 4) is 39.4 Å². The summed E-state index contributed by atoms with van der Waals surface area (Å²) in [6.07, 6.45) is 1.76. The molecule has 5 rings (SSSR count). The molecule has 0 aliphatic heterocycles. The molecule has 0 saturated heterocycles. The first kappa shape index (κ1) is 26.1. The molecule has 2 heterocycles. The fourth-order valence-electron chi connectivity index (χ4n) is 5.13. The van der Waals surface area contributed by atoms with Crippen LogP contribution in [0.4, 0.5) is 11.5 Å². The number of pyridine rings is 1. The zero-order valence-electron chi connectivity index (χ0n) is 23.7.